The molecule has 0 bridgehead atoms. The topological polar surface area (TPSA) is 0 Å². The molecule has 0 aliphatic carbocycles. The van der Waals surface area contributed by atoms with Gasteiger partial charge in [0.25, 0.3) is 0 Å². The molecular formula is C3H6Cl2Cu. The Kier molecular flexibility index (Phi) is 28.2. The van der Waals surface area contributed by atoms with Crippen LogP contribution in [0.25, 0.3) is 0 Å². The van der Waals surface area contributed by atoms with Gasteiger partial charge in [0.1, 0.15) is 0 Å². The SMILES string of the molecule is C=CC.[Cl][Cu][Cl]. The van der Waals surface area contributed by atoms with Crippen LogP contribution < -0.4 is 0 Å². The molecule has 0 aliphatic rings. The molecule has 0 rings (SSSR count). The second-order valence-electron chi connectivity index (χ2n) is 0.451. The van der Waals surface area contributed by atoms with E-state index in [1.807, 2.05) is 6.92 Å². The van der Waals surface area contributed by atoms with Crippen molar-refractivity contribution in [3.05, 3.63) is 12.7 Å². The second kappa shape index (κ2) is 17.0. The van der Waals surface area contributed by atoms with Gasteiger partial charge in [-0.3, -0.25) is 0 Å². The first-order valence-corrected chi connectivity index (χ1v) is 3.80. The van der Waals surface area contributed by atoms with E-state index in [4.69, 9.17) is 0 Å². The molecule has 0 radical (unpaired) electrons. The first kappa shape index (κ1) is 9.96. The van der Waals surface area contributed by atoms with E-state index in [9.17, 15) is 0 Å². The molecule has 0 heterocycles. The third-order valence-electron chi connectivity index (χ3n) is 0. The summed E-state index contributed by atoms with van der Waals surface area (Å²) < 4.78 is 0. The van der Waals surface area contributed by atoms with Crippen LogP contribution in [-0.2, 0) is 13.1 Å². The van der Waals surface area contributed by atoms with E-state index in [0.29, 0.717) is 0 Å². The summed E-state index contributed by atoms with van der Waals surface area (Å²) in [5.74, 6) is 0. The molecule has 0 saturated carbocycles. The molecule has 0 aliphatic heterocycles. The van der Waals surface area contributed by atoms with Gasteiger partial charge in [-0.05, 0) is 6.92 Å². The molecule has 0 saturated heterocycles. The Labute approximate surface area is 53.1 Å². The second-order valence-corrected chi connectivity index (χ2v) is 2.01. The Balaban J connectivity index is 0. The third kappa shape index (κ3) is 101. The zero-order chi connectivity index (χ0) is 5.41. The molecule has 0 N–H and O–H groups in total. The van der Waals surface area contributed by atoms with Crippen molar-refractivity contribution >= 4 is 20.2 Å². The molecule has 0 aromatic carbocycles. The Morgan fingerprint density at radius 2 is 1.67 bits per heavy atom. The normalized spacial score (nSPS) is 5.83. The molecule has 43 valence electrons. The average Bonchev–Trinajstić information content (AvgIpc) is 1.39. The van der Waals surface area contributed by atoms with Crippen LogP contribution in [-0.4, -0.2) is 0 Å². The van der Waals surface area contributed by atoms with E-state index in [0.717, 1.165) is 13.1 Å². The van der Waals surface area contributed by atoms with Crippen molar-refractivity contribution < 1.29 is 13.1 Å². The van der Waals surface area contributed by atoms with Crippen LogP contribution in [0.5, 0.6) is 0 Å². The third-order valence-corrected chi connectivity index (χ3v) is 0. The zero-order valence-electron chi connectivity index (χ0n) is 3.34. The van der Waals surface area contributed by atoms with Crippen molar-refractivity contribution in [3.63, 3.8) is 0 Å². The molecule has 0 aromatic heterocycles. The fourth-order valence-electron chi connectivity index (χ4n) is 0. The van der Waals surface area contributed by atoms with Crippen molar-refractivity contribution in [2.24, 2.45) is 0 Å². The summed E-state index contributed by atoms with van der Waals surface area (Å²) in [6.45, 7) is 5.25. The van der Waals surface area contributed by atoms with Crippen molar-refractivity contribution in [3.8, 4) is 0 Å². The molecule has 0 spiro atoms. The van der Waals surface area contributed by atoms with E-state index < -0.39 is 0 Å². The van der Waals surface area contributed by atoms with Gasteiger partial charge in [-0.25, -0.2) is 0 Å². The van der Waals surface area contributed by atoms with Crippen LogP contribution in [0.3, 0.4) is 0 Å². The van der Waals surface area contributed by atoms with Gasteiger partial charge >= 0.3 is 33.3 Å². The van der Waals surface area contributed by atoms with Crippen LogP contribution in [0.15, 0.2) is 12.7 Å². The van der Waals surface area contributed by atoms with Crippen LogP contribution in [0, 0.1) is 0 Å². The minimum atomic E-state index is 0.757. The molecule has 0 amide bonds. The van der Waals surface area contributed by atoms with Gasteiger partial charge in [0.2, 0.25) is 0 Å². The molecule has 0 unspecified atom stereocenters. The molecule has 0 atom stereocenters. The maximum absolute atomic E-state index is 4.67. The fourth-order valence-corrected chi connectivity index (χ4v) is 0. The van der Waals surface area contributed by atoms with Crippen LogP contribution in [0.2, 0.25) is 0 Å². The summed E-state index contributed by atoms with van der Waals surface area (Å²) in [4.78, 5) is 0. The fraction of sp³-hybridized carbons (Fsp3) is 0.333. The molecule has 0 nitrogen and oxygen atoms in total. The summed E-state index contributed by atoms with van der Waals surface area (Å²) in [5, 5.41) is 0. The van der Waals surface area contributed by atoms with E-state index in [1.54, 1.807) is 6.08 Å². The van der Waals surface area contributed by atoms with Gasteiger partial charge in [-0.1, -0.05) is 6.08 Å². The quantitative estimate of drug-likeness (QED) is 0.393. The van der Waals surface area contributed by atoms with E-state index in [2.05, 4.69) is 26.8 Å². The van der Waals surface area contributed by atoms with Gasteiger partial charge in [0.05, 0.1) is 0 Å². The molecule has 3 heteroatoms. The van der Waals surface area contributed by atoms with Crippen molar-refractivity contribution in [1.82, 2.24) is 0 Å². The molecule has 0 fully saturated rings. The summed E-state index contributed by atoms with van der Waals surface area (Å²) in [6.07, 6.45) is 1.75. The summed E-state index contributed by atoms with van der Waals surface area (Å²) in [5.41, 5.74) is 0. The standard InChI is InChI=1S/C3H6.2ClH.Cu/c1-3-2;;;/h3H,1H2,2H3;2*1H;/q;;;+2/p-2. The summed E-state index contributed by atoms with van der Waals surface area (Å²) >= 11 is 0.757. The van der Waals surface area contributed by atoms with Gasteiger partial charge < -0.3 is 0 Å². The van der Waals surface area contributed by atoms with E-state index in [1.165, 1.54) is 0 Å². The maximum atomic E-state index is 4.67. The summed E-state index contributed by atoms with van der Waals surface area (Å²) in [7, 11) is 9.34. The van der Waals surface area contributed by atoms with Gasteiger partial charge in [-0.2, -0.15) is 0 Å². The van der Waals surface area contributed by atoms with E-state index in [-0.39, 0.29) is 0 Å². The number of rotatable bonds is 0. The van der Waals surface area contributed by atoms with Crippen LogP contribution >= 0.6 is 20.2 Å². The van der Waals surface area contributed by atoms with Crippen molar-refractivity contribution in [2.45, 2.75) is 6.92 Å². The number of hydrogen-bond acceptors (Lipinski definition) is 0. The molecular weight excluding hydrogens is 170 g/mol. The monoisotopic (exact) mass is 175 g/mol. The Morgan fingerprint density at radius 1 is 1.67 bits per heavy atom. The van der Waals surface area contributed by atoms with Crippen LogP contribution in [0.1, 0.15) is 6.92 Å². The average molecular weight is 177 g/mol. The number of allylic oxidation sites excluding steroid dienone is 1. The molecule has 6 heavy (non-hydrogen) atoms. The van der Waals surface area contributed by atoms with Crippen molar-refractivity contribution in [2.75, 3.05) is 0 Å². The van der Waals surface area contributed by atoms with E-state index >= 15 is 0 Å². The summed E-state index contributed by atoms with van der Waals surface area (Å²) in [6, 6.07) is 0. The van der Waals surface area contributed by atoms with Gasteiger partial charge in [0.15, 0.2) is 0 Å². The Bertz CT molecular complexity index is 22.8. The van der Waals surface area contributed by atoms with Gasteiger partial charge in [-0.15, -0.1) is 6.58 Å². The Morgan fingerprint density at radius 3 is 1.67 bits per heavy atom. The first-order valence-electron chi connectivity index (χ1n) is 1.21. The minimum absolute atomic E-state index is 0.757. The van der Waals surface area contributed by atoms with Crippen LogP contribution in [0.4, 0.5) is 0 Å². The van der Waals surface area contributed by atoms with Crippen molar-refractivity contribution in [1.29, 1.82) is 0 Å². The molecule has 0 aromatic rings. The predicted molar refractivity (Wildman–Crippen MR) is 27.6 cm³/mol. The number of halogens is 2. The first-order chi connectivity index (χ1) is 2.83. The predicted octanol–water partition coefficient (Wildman–Crippen LogP) is 2.57. The van der Waals surface area contributed by atoms with Gasteiger partial charge in [0, 0.05) is 0 Å². The zero-order valence-corrected chi connectivity index (χ0v) is 5.80. The Hall–Kier alpha value is 0.839. The number of hydrogen-bond donors (Lipinski definition) is 0.